The van der Waals surface area contributed by atoms with Crippen LogP contribution in [0.5, 0.6) is 0 Å². The fraction of sp³-hybridized carbons (Fsp3) is 0.444. The largest absolute Gasteiger partial charge is 0.462 e. The predicted octanol–water partition coefficient (Wildman–Crippen LogP) is 2.83. The lowest BCUT2D eigenvalue weighted by Crippen LogP contribution is -2.52. The maximum absolute atomic E-state index is 13.3. The van der Waals surface area contributed by atoms with Crippen LogP contribution in [0.25, 0.3) is 0 Å². The molecule has 0 bridgehead atoms. The van der Waals surface area contributed by atoms with Crippen molar-refractivity contribution in [2.24, 2.45) is 5.73 Å². The molecule has 0 heterocycles. The molecule has 34 heavy (non-hydrogen) atoms. The molecule has 0 aromatic heterocycles. The van der Waals surface area contributed by atoms with Crippen molar-refractivity contribution >= 4 is 17.9 Å². The molecule has 0 saturated heterocycles. The van der Waals surface area contributed by atoms with Gasteiger partial charge in [0.2, 0.25) is 0 Å². The highest BCUT2D eigenvalue weighted by Crippen LogP contribution is 2.28. The molecule has 3 rings (SSSR count). The van der Waals surface area contributed by atoms with E-state index < -0.39 is 24.0 Å². The van der Waals surface area contributed by atoms with Gasteiger partial charge in [0.15, 0.2) is 0 Å². The molecule has 0 radical (unpaired) electrons. The van der Waals surface area contributed by atoms with Crippen molar-refractivity contribution in [2.45, 2.75) is 70.7 Å². The Hall–Kier alpha value is -3.03. The molecular formula is C27H34N2O5. The van der Waals surface area contributed by atoms with Gasteiger partial charge >= 0.3 is 17.9 Å². The summed E-state index contributed by atoms with van der Waals surface area (Å²) in [7, 11) is 0. The van der Waals surface area contributed by atoms with Gasteiger partial charge in [0.05, 0.1) is 12.6 Å². The Morgan fingerprint density at radius 3 is 2.09 bits per heavy atom. The highest BCUT2D eigenvalue weighted by Gasteiger charge is 2.37. The van der Waals surface area contributed by atoms with Crippen molar-refractivity contribution in [3.05, 3.63) is 71.3 Å². The Bertz CT molecular complexity index is 965. The predicted molar refractivity (Wildman–Crippen MR) is 129 cm³/mol. The van der Waals surface area contributed by atoms with E-state index in [0.717, 1.165) is 5.56 Å². The Labute approximate surface area is 201 Å². The van der Waals surface area contributed by atoms with E-state index in [0.29, 0.717) is 25.7 Å². The third kappa shape index (κ3) is 6.98. The molecule has 7 heteroatoms. The molecule has 0 spiro atoms. The summed E-state index contributed by atoms with van der Waals surface area (Å²) in [5, 5.41) is 0. The first-order valence-corrected chi connectivity index (χ1v) is 11.8. The summed E-state index contributed by atoms with van der Waals surface area (Å²) < 4.78 is 10.6. The minimum absolute atomic E-state index is 0.101. The normalized spacial score (nSPS) is 15.1. The number of hydrogen-bond donors (Lipinski definition) is 1. The summed E-state index contributed by atoms with van der Waals surface area (Å²) >= 11 is 0. The van der Waals surface area contributed by atoms with Crippen molar-refractivity contribution in [1.29, 1.82) is 0 Å². The van der Waals surface area contributed by atoms with Crippen molar-refractivity contribution in [3.63, 3.8) is 0 Å². The number of aryl methyl sites for hydroxylation is 1. The van der Waals surface area contributed by atoms with Crippen LogP contribution < -0.4 is 5.73 Å². The number of hydrogen-bond acceptors (Lipinski definition) is 7. The van der Waals surface area contributed by atoms with Crippen molar-refractivity contribution < 1.29 is 23.9 Å². The molecule has 0 saturated carbocycles. The van der Waals surface area contributed by atoms with Crippen LogP contribution in [0.1, 0.15) is 43.9 Å². The lowest BCUT2D eigenvalue weighted by molar-refractivity contribution is -0.163. The van der Waals surface area contributed by atoms with E-state index >= 15 is 0 Å². The fourth-order valence-corrected chi connectivity index (χ4v) is 4.33. The topological polar surface area (TPSA) is 98.9 Å². The average molecular weight is 467 g/mol. The average Bonchev–Trinajstić information content (AvgIpc) is 3.22. The standard InChI is InChI=1S/C27H34N2O5/c1-18(2)33-27(32)24(14-13-20-9-5-4-6-10-20)29(17-25(30)34-26(31)19(3)28)23-15-21-11-7-8-12-22(21)16-23/h4-12,18-19,23-24H,13-17,28H2,1-3H3/t19-,24?/m0/s1. The molecule has 1 aliphatic rings. The molecule has 2 atom stereocenters. The highest BCUT2D eigenvalue weighted by atomic mass is 16.6. The second-order valence-electron chi connectivity index (χ2n) is 9.11. The number of nitrogens with two attached hydrogens (primary N) is 1. The third-order valence-electron chi connectivity index (χ3n) is 5.97. The second kappa shape index (κ2) is 11.9. The van der Waals surface area contributed by atoms with Gasteiger partial charge in [-0.25, -0.2) is 4.79 Å². The minimum Gasteiger partial charge on any atom is -0.462 e. The van der Waals surface area contributed by atoms with Crippen molar-refractivity contribution in [2.75, 3.05) is 6.54 Å². The molecule has 1 aliphatic carbocycles. The lowest BCUT2D eigenvalue weighted by atomic mass is 10.0. The van der Waals surface area contributed by atoms with E-state index in [1.165, 1.54) is 18.1 Å². The van der Waals surface area contributed by atoms with E-state index in [9.17, 15) is 14.4 Å². The summed E-state index contributed by atoms with van der Waals surface area (Å²) in [6.07, 6.45) is 2.21. The third-order valence-corrected chi connectivity index (χ3v) is 5.97. The number of benzene rings is 2. The van der Waals surface area contributed by atoms with Crippen LogP contribution in [0.2, 0.25) is 0 Å². The molecule has 182 valence electrons. The van der Waals surface area contributed by atoms with E-state index in [2.05, 4.69) is 12.1 Å². The van der Waals surface area contributed by atoms with Gasteiger partial charge in [-0.1, -0.05) is 54.6 Å². The van der Waals surface area contributed by atoms with Gasteiger partial charge < -0.3 is 15.2 Å². The zero-order chi connectivity index (χ0) is 24.7. The number of carbonyl (C=O) groups is 3. The van der Waals surface area contributed by atoms with Gasteiger partial charge in [-0.05, 0) is 63.1 Å². The van der Waals surface area contributed by atoms with Gasteiger partial charge in [0.1, 0.15) is 12.1 Å². The maximum atomic E-state index is 13.3. The van der Waals surface area contributed by atoms with Gasteiger partial charge in [0, 0.05) is 6.04 Å². The summed E-state index contributed by atoms with van der Waals surface area (Å²) in [5.74, 6) is -1.89. The first kappa shape index (κ1) is 25.6. The quantitative estimate of drug-likeness (QED) is 0.425. The molecule has 0 aliphatic heterocycles. The molecule has 7 nitrogen and oxygen atoms in total. The van der Waals surface area contributed by atoms with Crippen LogP contribution >= 0.6 is 0 Å². The molecule has 0 amide bonds. The number of carbonyl (C=O) groups excluding carboxylic acids is 3. The first-order chi connectivity index (χ1) is 16.2. The van der Waals surface area contributed by atoms with Crippen LogP contribution in [0, 0.1) is 0 Å². The number of rotatable bonds is 10. The Kier molecular flexibility index (Phi) is 8.96. The number of nitrogens with zero attached hydrogens (tertiary/aromatic N) is 1. The SMILES string of the molecule is CC(C)OC(=O)C(CCc1ccccc1)N(CC(=O)OC(=O)[C@H](C)N)C1Cc2ccccc2C1. The number of esters is 3. The Balaban J connectivity index is 1.87. The highest BCUT2D eigenvalue weighted by molar-refractivity contribution is 5.89. The van der Waals surface area contributed by atoms with Crippen LogP contribution in [0.4, 0.5) is 0 Å². The van der Waals surface area contributed by atoms with Crippen LogP contribution in [0.15, 0.2) is 54.6 Å². The summed E-state index contributed by atoms with van der Waals surface area (Å²) in [6.45, 7) is 4.86. The van der Waals surface area contributed by atoms with Gasteiger partial charge in [-0.2, -0.15) is 0 Å². The van der Waals surface area contributed by atoms with Crippen molar-refractivity contribution in [3.8, 4) is 0 Å². The zero-order valence-electron chi connectivity index (χ0n) is 20.1. The van der Waals surface area contributed by atoms with Crippen LogP contribution in [-0.4, -0.2) is 53.6 Å². The number of ether oxygens (including phenoxy) is 2. The van der Waals surface area contributed by atoms with Crippen molar-refractivity contribution in [1.82, 2.24) is 4.90 Å². The molecule has 2 N–H and O–H groups in total. The second-order valence-corrected chi connectivity index (χ2v) is 9.11. The zero-order valence-corrected chi connectivity index (χ0v) is 20.1. The van der Waals surface area contributed by atoms with Gasteiger partial charge in [-0.3, -0.25) is 14.5 Å². The molecule has 2 aromatic rings. The number of fused-ring (bicyclic) bond motifs is 1. The molecule has 0 fully saturated rings. The lowest BCUT2D eigenvalue weighted by Gasteiger charge is -2.34. The first-order valence-electron chi connectivity index (χ1n) is 11.8. The van der Waals surface area contributed by atoms with E-state index in [-0.39, 0.29) is 24.7 Å². The summed E-state index contributed by atoms with van der Waals surface area (Å²) in [5.41, 5.74) is 9.03. The Morgan fingerprint density at radius 2 is 1.53 bits per heavy atom. The maximum Gasteiger partial charge on any atom is 0.330 e. The van der Waals surface area contributed by atoms with E-state index in [1.54, 1.807) is 13.8 Å². The molecular weight excluding hydrogens is 432 g/mol. The summed E-state index contributed by atoms with van der Waals surface area (Å²) in [4.78, 5) is 39.8. The van der Waals surface area contributed by atoms with Gasteiger partial charge in [0.25, 0.3) is 0 Å². The minimum atomic E-state index is -0.909. The smallest absolute Gasteiger partial charge is 0.330 e. The summed E-state index contributed by atoms with van der Waals surface area (Å²) in [6, 6.07) is 16.3. The fourth-order valence-electron chi connectivity index (χ4n) is 4.33. The van der Waals surface area contributed by atoms with E-state index in [1.807, 2.05) is 47.4 Å². The monoisotopic (exact) mass is 466 g/mol. The van der Waals surface area contributed by atoms with Crippen LogP contribution in [0.3, 0.4) is 0 Å². The van der Waals surface area contributed by atoms with E-state index in [4.69, 9.17) is 15.2 Å². The molecule has 2 aromatic carbocycles. The van der Waals surface area contributed by atoms with Gasteiger partial charge in [-0.15, -0.1) is 0 Å². The Morgan fingerprint density at radius 1 is 0.941 bits per heavy atom. The molecule has 1 unspecified atom stereocenters. The van der Waals surface area contributed by atoms with Crippen LogP contribution in [-0.2, 0) is 43.1 Å².